The van der Waals surface area contributed by atoms with Crippen molar-refractivity contribution in [2.24, 2.45) is 0 Å². The van der Waals surface area contributed by atoms with E-state index in [1.807, 2.05) is 4.90 Å². The summed E-state index contributed by atoms with van der Waals surface area (Å²) in [5.74, 6) is -0.476. The first-order valence-corrected chi connectivity index (χ1v) is 9.31. The topological polar surface area (TPSA) is 102 Å². The molecular formula is C20H19FN4O4. The zero-order valence-electron chi connectivity index (χ0n) is 15.5. The first-order valence-electron chi connectivity index (χ1n) is 9.31. The van der Waals surface area contributed by atoms with Crippen molar-refractivity contribution in [3.63, 3.8) is 0 Å². The van der Waals surface area contributed by atoms with Crippen molar-refractivity contribution < 1.29 is 18.6 Å². The minimum absolute atomic E-state index is 0.131. The second kappa shape index (κ2) is 7.96. The number of rotatable bonds is 5. The van der Waals surface area contributed by atoms with Crippen LogP contribution in [0.15, 0.2) is 47.0 Å². The molecule has 3 aromatic rings. The molecule has 9 heteroatoms. The van der Waals surface area contributed by atoms with Gasteiger partial charge in [0.25, 0.3) is 5.69 Å². The van der Waals surface area contributed by atoms with Gasteiger partial charge in [0.2, 0.25) is 5.91 Å². The molecule has 150 valence electrons. The van der Waals surface area contributed by atoms with E-state index in [-0.39, 0.29) is 35.6 Å². The number of likely N-dealkylation sites (tertiary alicyclic amines) is 1. The van der Waals surface area contributed by atoms with Crippen LogP contribution in [0.5, 0.6) is 0 Å². The Morgan fingerprint density at radius 2 is 2.03 bits per heavy atom. The summed E-state index contributed by atoms with van der Waals surface area (Å²) in [6, 6.07) is 10.5. The van der Waals surface area contributed by atoms with Gasteiger partial charge in [0.05, 0.1) is 17.2 Å². The fraction of sp³-hybridized carbons (Fsp3) is 0.300. The monoisotopic (exact) mass is 398 g/mol. The number of carbonyl (C=O) groups is 1. The van der Waals surface area contributed by atoms with Gasteiger partial charge in [-0.2, -0.15) is 0 Å². The van der Waals surface area contributed by atoms with Crippen LogP contribution in [-0.4, -0.2) is 40.5 Å². The molecule has 1 aliphatic heterocycles. The number of carbonyl (C=O) groups excluding carboxylic acids is 1. The molecule has 0 aliphatic carbocycles. The summed E-state index contributed by atoms with van der Waals surface area (Å²) in [6.07, 6.45) is 1.58. The lowest BCUT2D eigenvalue weighted by Gasteiger charge is -2.30. The van der Waals surface area contributed by atoms with Crippen molar-refractivity contribution in [1.29, 1.82) is 0 Å². The van der Waals surface area contributed by atoms with Gasteiger partial charge in [0.15, 0.2) is 5.58 Å². The summed E-state index contributed by atoms with van der Waals surface area (Å²) in [6.45, 7) is 1.53. The number of benzene rings is 2. The van der Waals surface area contributed by atoms with E-state index in [0.29, 0.717) is 18.7 Å². The van der Waals surface area contributed by atoms with Crippen LogP contribution >= 0.6 is 0 Å². The highest BCUT2D eigenvalue weighted by atomic mass is 19.1. The van der Waals surface area contributed by atoms with E-state index in [1.165, 1.54) is 24.3 Å². The molecule has 1 aliphatic rings. The van der Waals surface area contributed by atoms with Crippen molar-refractivity contribution in [2.45, 2.75) is 18.8 Å². The van der Waals surface area contributed by atoms with Crippen LogP contribution in [-0.2, 0) is 4.79 Å². The van der Waals surface area contributed by atoms with Crippen molar-refractivity contribution in [3.8, 4) is 0 Å². The van der Waals surface area contributed by atoms with E-state index >= 15 is 0 Å². The molecule has 8 nitrogen and oxygen atoms in total. The van der Waals surface area contributed by atoms with Crippen LogP contribution in [0.2, 0.25) is 0 Å². The van der Waals surface area contributed by atoms with E-state index in [4.69, 9.17) is 4.52 Å². The largest absolute Gasteiger partial charge is 0.356 e. The van der Waals surface area contributed by atoms with Crippen LogP contribution in [0.3, 0.4) is 0 Å². The molecule has 29 heavy (non-hydrogen) atoms. The highest BCUT2D eigenvalue weighted by Crippen LogP contribution is 2.32. The summed E-state index contributed by atoms with van der Waals surface area (Å²) in [4.78, 5) is 24.9. The summed E-state index contributed by atoms with van der Waals surface area (Å²) in [5.41, 5.74) is 1.32. The number of hydrogen-bond donors (Lipinski definition) is 1. The average molecular weight is 398 g/mol. The maximum Gasteiger partial charge on any atom is 0.292 e. The summed E-state index contributed by atoms with van der Waals surface area (Å²) < 4.78 is 18.6. The SMILES string of the molecule is O=C(CN1CCC(c2noc3cc(F)ccc23)CC1)Nc1ccccc1[N+](=O)[O-]. The Morgan fingerprint density at radius 1 is 1.28 bits per heavy atom. The van der Waals surface area contributed by atoms with Crippen molar-refractivity contribution in [3.05, 3.63) is 64.1 Å². The smallest absolute Gasteiger partial charge is 0.292 e. The van der Waals surface area contributed by atoms with Gasteiger partial charge in [-0.25, -0.2) is 4.39 Å². The van der Waals surface area contributed by atoms with Gasteiger partial charge >= 0.3 is 0 Å². The van der Waals surface area contributed by atoms with Crippen LogP contribution in [0.1, 0.15) is 24.5 Å². The number of amides is 1. The van der Waals surface area contributed by atoms with E-state index in [0.717, 1.165) is 23.9 Å². The summed E-state index contributed by atoms with van der Waals surface area (Å²) in [7, 11) is 0. The third-order valence-electron chi connectivity index (χ3n) is 5.18. The summed E-state index contributed by atoms with van der Waals surface area (Å²) in [5, 5.41) is 18.6. The lowest BCUT2D eigenvalue weighted by Crippen LogP contribution is -2.38. The fourth-order valence-electron chi connectivity index (χ4n) is 3.72. The van der Waals surface area contributed by atoms with Gasteiger partial charge in [-0.05, 0) is 44.1 Å². The Kier molecular flexibility index (Phi) is 5.22. The Balaban J connectivity index is 1.35. The molecule has 0 bridgehead atoms. The second-order valence-corrected chi connectivity index (χ2v) is 7.08. The quantitative estimate of drug-likeness (QED) is 0.519. The minimum atomic E-state index is -0.519. The first-order chi connectivity index (χ1) is 14.0. The number of nitro benzene ring substituents is 1. The van der Waals surface area contributed by atoms with Gasteiger partial charge in [0.1, 0.15) is 11.5 Å². The minimum Gasteiger partial charge on any atom is -0.356 e. The van der Waals surface area contributed by atoms with Gasteiger partial charge in [-0.3, -0.25) is 19.8 Å². The number of para-hydroxylation sites is 2. The van der Waals surface area contributed by atoms with E-state index in [9.17, 15) is 19.3 Å². The zero-order chi connectivity index (χ0) is 20.4. The number of piperidine rings is 1. The average Bonchev–Trinajstić information content (AvgIpc) is 3.11. The van der Waals surface area contributed by atoms with Gasteiger partial charge in [-0.1, -0.05) is 17.3 Å². The maximum atomic E-state index is 13.3. The molecule has 1 fully saturated rings. The van der Waals surface area contributed by atoms with Crippen LogP contribution in [0, 0.1) is 15.9 Å². The highest BCUT2D eigenvalue weighted by Gasteiger charge is 2.26. The normalized spacial score (nSPS) is 15.5. The third-order valence-corrected chi connectivity index (χ3v) is 5.18. The number of anilines is 1. The molecule has 0 spiro atoms. The van der Waals surface area contributed by atoms with Crippen molar-refractivity contribution >= 4 is 28.3 Å². The molecule has 2 aromatic carbocycles. The Morgan fingerprint density at radius 3 is 2.79 bits per heavy atom. The highest BCUT2D eigenvalue weighted by molar-refractivity contribution is 5.94. The number of fused-ring (bicyclic) bond motifs is 1. The predicted octanol–water partition coefficient (Wildman–Crippen LogP) is 3.69. The van der Waals surface area contributed by atoms with Crippen LogP contribution < -0.4 is 5.32 Å². The lowest BCUT2D eigenvalue weighted by molar-refractivity contribution is -0.383. The summed E-state index contributed by atoms with van der Waals surface area (Å²) >= 11 is 0. The Labute approximate surface area is 165 Å². The van der Waals surface area contributed by atoms with Gasteiger partial charge < -0.3 is 9.84 Å². The standard InChI is InChI=1S/C20H19FN4O4/c21-14-5-6-15-18(11-14)29-23-20(15)13-7-9-24(10-8-13)12-19(26)22-16-3-1-2-4-17(16)25(27)28/h1-6,11,13H,7-10,12H2,(H,22,26). The number of nitrogens with zero attached hydrogens (tertiary/aromatic N) is 3. The number of nitrogens with one attached hydrogen (secondary N) is 1. The maximum absolute atomic E-state index is 13.3. The Bertz CT molecular complexity index is 1060. The van der Waals surface area contributed by atoms with Crippen LogP contribution in [0.4, 0.5) is 15.8 Å². The number of aromatic nitrogens is 1. The fourth-order valence-corrected chi connectivity index (χ4v) is 3.72. The molecule has 1 N–H and O–H groups in total. The van der Waals surface area contributed by atoms with Crippen molar-refractivity contribution in [2.75, 3.05) is 25.0 Å². The first kappa shape index (κ1) is 19.0. The van der Waals surface area contributed by atoms with Gasteiger partial charge in [0, 0.05) is 23.4 Å². The van der Waals surface area contributed by atoms with Crippen molar-refractivity contribution in [1.82, 2.24) is 10.1 Å². The van der Waals surface area contributed by atoms with E-state index in [1.54, 1.807) is 18.2 Å². The number of halogens is 1. The van der Waals surface area contributed by atoms with E-state index in [2.05, 4.69) is 10.5 Å². The van der Waals surface area contributed by atoms with Gasteiger partial charge in [-0.15, -0.1) is 0 Å². The molecule has 0 atom stereocenters. The molecule has 1 aromatic heterocycles. The van der Waals surface area contributed by atoms with E-state index < -0.39 is 4.92 Å². The molecule has 0 unspecified atom stereocenters. The molecule has 1 saturated heterocycles. The molecular weight excluding hydrogens is 379 g/mol. The second-order valence-electron chi connectivity index (χ2n) is 7.08. The Hall–Kier alpha value is -3.33. The molecule has 1 amide bonds. The molecule has 0 radical (unpaired) electrons. The predicted molar refractivity (Wildman–Crippen MR) is 104 cm³/mol. The molecule has 0 saturated carbocycles. The third kappa shape index (κ3) is 4.09. The van der Waals surface area contributed by atoms with Crippen LogP contribution in [0.25, 0.3) is 11.0 Å². The zero-order valence-corrected chi connectivity index (χ0v) is 15.5. The molecule has 4 rings (SSSR count). The number of nitro groups is 1. The molecule has 2 heterocycles. The lowest BCUT2D eigenvalue weighted by atomic mass is 9.91. The number of hydrogen-bond acceptors (Lipinski definition) is 6.